The summed E-state index contributed by atoms with van der Waals surface area (Å²) in [7, 11) is 0. The van der Waals surface area contributed by atoms with Gasteiger partial charge in [-0.05, 0) is 23.4 Å². The maximum absolute atomic E-state index is 5.80. The first-order valence-electron chi connectivity index (χ1n) is 5.76. The molecule has 1 atom stereocenters. The fourth-order valence-corrected chi connectivity index (χ4v) is 2.51. The number of nitrogens with zero attached hydrogens (tertiary/aromatic N) is 1. The summed E-state index contributed by atoms with van der Waals surface area (Å²) in [5, 5.41) is 1.27. The molecule has 3 rings (SSSR count). The Morgan fingerprint density at radius 2 is 2.31 bits per heavy atom. The van der Waals surface area contributed by atoms with Crippen LogP contribution in [0.2, 0.25) is 0 Å². The Bertz CT molecular complexity index is 498. The second kappa shape index (κ2) is 3.92. The number of fused-ring (bicyclic) bond motifs is 1. The number of benzene rings is 1. The molecule has 0 spiro atoms. The molecule has 84 valence electrons. The van der Waals surface area contributed by atoms with Crippen LogP contribution in [-0.4, -0.2) is 17.8 Å². The summed E-state index contributed by atoms with van der Waals surface area (Å²) in [5.41, 5.74) is 8.29. The summed E-state index contributed by atoms with van der Waals surface area (Å²) >= 11 is 0. The third kappa shape index (κ3) is 1.44. The van der Waals surface area contributed by atoms with Crippen LogP contribution in [0.1, 0.15) is 18.0 Å². The number of nitrogens with two attached hydrogens (primary N) is 1. The molecule has 2 heterocycles. The summed E-state index contributed by atoms with van der Waals surface area (Å²) < 4.78 is 7.78. The number of ether oxygens (including phenoxy) is 1. The molecule has 1 aromatic carbocycles. The Morgan fingerprint density at radius 3 is 3.06 bits per heavy atom. The minimum atomic E-state index is 0.477. The van der Waals surface area contributed by atoms with Crippen molar-refractivity contribution >= 4 is 10.9 Å². The molecule has 16 heavy (non-hydrogen) atoms. The van der Waals surface area contributed by atoms with Crippen LogP contribution in [0.4, 0.5) is 0 Å². The van der Waals surface area contributed by atoms with Crippen LogP contribution in [0.3, 0.4) is 0 Å². The minimum Gasteiger partial charge on any atom is -0.379 e. The van der Waals surface area contributed by atoms with E-state index in [0.717, 1.165) is 19.6 Å². The van der Waals surface area contributed by atoms with Crippen LogP contribution in [-0.2, 0) is 11.3 Å². The molecule has 0 aliphatic carbocycles. The van der Waals surface area contributed by atoms with Gasteiger partial charge in [-0.15, -0.1) is 0 Å². The lowest BCUT2D eigenvalue weighted by atomic mass is 10.1. The van der Waals surface area contributed by atoms with E-state index in [4.69, 9.17) is 10.5 Å². The van der Waals surface area contributed by atoms with Gasteiger partial charge in [0.1, 0.15) is 0 Å². The smallest absolute Gasteiger partial charge is 0.0674 e. The van der Waals surface area contributed by atoms with Crippen molar-refractivity contribution in [2.45, 2.75) is 19.0 Å². The monoisotopic (exact) mass is 216 g/mol. The van der Waals surface area contributed by atoms with E-state index in [9.17, 15) is 0 Å². The van der Waals surface area contributed by atoms with Gasteiger partial charge in [-0.2, -0.15) is 0 Å². The molecule has 3 nitrogen and oxygen atoms in total. The lowest BCUT2D eigenvalue weighted by Crippen LogP contribution is -2.09. The highest BCUT2D eigenvalue weighted by Gasteiger charge is 2.19. The van der Waals surface area contributed by atoms with E-state index >= 15 is 0 Å². The van der Waals surface area contributed by atoms with E-state index in [1.54, 1.807) is 0 Å². The highest BCUT2D eigenvalue weighted by molar-refractivity contribution is 5.83. The summed E-state index contributed by atoms with van der Waals surface area (Å²) in [5.74, 6) is 0. The maximum atomic E-state index is 5.80. The SMILES string of the molecule is NCc1cccc2ccn(C3CCOC3)c12. The largest absolute Gasteiger partial charge is 0.379 e. The fraction of sp³-hybridized carbons (Fsp3) is 0.385. The Labute approximate surface area is 94.8 Å². The van der Waals surface area contributed by atoms with Crippen molar-refractivity contribution in [1.82, 2.24) is 4.57 Å². The zero-order valence-corrected chi connectivity index (χ0v) is 9.23. The standard InChI is InChI=1S/C13H16N2O/c14-8-11-3-1-2-10-4-6-15(13(10)11)12-5-7-16-9-12/h1-4,6,12H,5,7-9,14H2. The van der Waals surface area contributed by atoms with Crippen molar-refractivity contribution in [3.8, 4) is 0 Å². The zero-order chi connectivity index (χ0) is 11.0. The summed E-state index contributed by atoms with van der Waals surface area (Å²) in [4.78, 5) is 0. The second-order valence-corrected chi connectivity index (χ2v) is 4.30. The van der Waals surface area contributed by atoms with Crippen molar-refractivity contribution in [3.63, 3.8) is 0 Å². The molecule has 1 fully saturated rings. The normalized spacial score (nSPS) is 20.7. The van der Waals surface area contributed by atoms with E-state index in [0.29, 0.717) is 12.6 Å². The predicted octanol–water partition coefficient (Wildman–Crippen LogP) is 2.06. The molecule has 1 aliphatic rings. The van der Waals surface area contributed by atoms with Gasteiger partial charge in [-0.1, -0.05) is 18.2 Å². The topological polar surface area (TPSA) is 40.2 Å². The lowest BCUT2D eigenvalue weighted by molar-refractivity contribution is 0.187. The Kier molecular flexibility index (Phi) is 2.42. The summed E-state index contributed by atoms with van der Waals surface area (Å²) in [6.45, 7) is 2.28. The molecule has 1 aromatic heterocycles. The Morgan fingerprint density at radius 1 is 1.38 bits per heavy atom. The quantitative estimate of drug-likeness (QED) is 0.834. The van der Waals surface area contributed by atoms with E-state index in [1.807, 2.05) is 0 Å². The first kappa shape index (κ1) is 9.87. The molecule has 1 unspecified atom stereocenters. The molecule has 0 amide bonds. The van der Waals surface area contributed by atoms with Crippen LogP contribution >= 0.6 is 0 Å². The van der Waals surface area contributed by atoms with Gasteiger partial charge in [-0.25, -0.2) is 0 Å². The van der Waals surface area contributed by atoms with Crippen LogP contribution in [0.5, 0.6) is 0 Å². The summed E-state index contributed by atoms with van der Waals surface area (Å²) in [6.07, 6.45) is 3.26. The van der Waals surface area contributed by atoms with E-state index in [2.05, 4.69) is 35.0 Å². The van der Waals surface area contributed by atoms with Crippen LogP contribution in [0, 0.1) is 0 Å². The molecule has 0 saturated carbocycles. The third-order valence-electron chi connectivity index (χ3n) is 3.34. The Balaban J connectivity index is 2.16. The van der Waals surface area contributed by atoms with Gasteiger partial charge in [0, 0.05) is 19.3 Å². The highest BCUT2D eigenvalue weighted by atomic mass is 16.5. The van der Waals surface area contributed by atoms with Crippen molar-refractivity contribution in [1.29, 1.82) is 0 Å². The van der Waals surface area contributed by atoms with Gasteiger partial charge in [0.25, 0.3) is 0 Å². The molecule has 0 bridgehead atoms. The van der Waals surface area contributed by atoms with Crippen LogP contribution in [0.25, 0.3) is 10.9 Å². The van der Waals surface area contributed by atoms with Gasteiger partial charge in [0.2, 0.25) is 0 Å². The van der Waals surface area contributed by atoms with Crippen LogP contribution in [0.15, 0.2) is 30.5 Å². The average molecular weight is 216 g/mol. The van der Waals surface area contributed by atoms with E-state index in [1.165, 1.54) is 16.5 Å². The van der Waals surface area contributed by atoms with Crippen molar-refractivity contribution in [3.05, 3.63) is 36.0 Å². The van der Waals surface area contributed by atoms with Crippen LogP contribution < -0.4 is 5.73 Å². The number of hydrogen-bond acceptors (Lipinski definition) is 2. The molecule has 1 aliphatic heterocycles. The molecule has 0 radical (unpaired) electrons. The Hall–Kier alpha value is -1.32. The van der Waals surface area contributed by atoms with Gasteiger partial charge in [-0.3, -0.25) is 0 Å². The van der Waals surface area contributed by atoms with Gasteiger partial charge in [0.05, 0.1) is 18.2 Å². The average Bonchev–Trinajstić information content (AvgIpc) is 2.96. The molecule has 3 heteroatoms. The number of para-hydroxylation sites is 1. The van der Waals surface area contributed by atoms with Crippen molar-refractivity contribution in [2.24, 2.45) is 5.73 Å². The summed E-state index contributed by atoms with van der Waals surface area (Å²) in [6, 6.07) is 8.95. The zero-order valence-electron chi connectivity index (χ0n) is 9.23. The van der Waals surface area contributed by atoms with Gasteiger partial charge < -0.3 is 15.0 Å². The predicted molar refractivity (Wildman–Crippen MR) is 64.3 cm³/mol. The number of aromatic nitrogens is 1. The molecular formula is C13H16N2O. The first-order valence-corrected chi connectivity index (χ1v) is 5.76. The first-order chi connectivity index (χ1) is 7.90. The molecular weight excluding hydrogens is 200 g/mol. The van der Waals surface area contributed by atoms with E-state index < -0.39 is 0 Å². The third-order valence-corrected chi connectivity index (χ3v) is 3.34. The highest BCUT2D eigenvalue weighted by Crippen LogP contribution is 2.27. The second-order valence-electron chi connectivity index (χ2n) is 4.30. The number of rotatable bonds is 2. The molecule has 2 aromatic rings. The number of hydrogen-bond donors (Lipinski definition) is 1. The maximum Gasteiger partial charge on any atom is 0.0674 e. The fourth-order valence-electron chi connectivity index (χ4n) is 2.51. The van der Waals surface area contributed by atoms with E-state index in [-0.39, 0.29) is 0 Å². The van der Waals surface area contributed by atoms with Crippen molar-refractivity contribution in [2.75, 3.05) is 13.2 Å². The lowest BCUT2D eigenvalue weighted by Gasteiger charge is -2.14. The molecule has 1 saturated heterocycles. The minimum absolute atomic E-state index is 0.477. The van der Waals surface area contributed by atoms with Gasteiger partial charge >= 0.3 is 0 Å². The van der Waals surface area contributed by atoms with Gasteiger partial charge in [0.15, 0.2) is 0 Å². The molecule has 2 N–H and O–H groups in total. The van der Waals surface area contributed by atoms with Crippen molar-refractivity contribution < 1.29 is 4.74 Å².